The molecule has 2 aromatic carbocycles. The lowest BCUT2D eigenvalue weighted by Gasteiger charge is -2.08. The Balaban J connectivity index is 2.18. The zero-order valence-electron chi connectivity index (χ0n) is 10.9. The van der Waals surface area contributed by atoms with Gasteiger partial charge in [0.25, 0.3) is 0 Å². The molecule has 0 bridgehead atoms. The lowest BCUT2D eigenvalue weighted by molar-refractivity contribution is 0.413. The second-order valence-corrected chi connectivity index (χ2v) is 5.60. The van der Waals surface area contributed by atoms with E-state index in [1.807, 2.05) is 37.4 Å². The van der Waals surface area contributed by atoms with Crippen LogP contribution in [0.3, 0.4) is 0 Å². The number of rotatable bonds is 5. The molecule has 0 atom stereocenters. The van der Waals surface area contributed by atoms with Gasteiger partial charge in [-0.2, -0.15) is 0 Å². The maximum atomic E-state index is 6.31. The van der Waals surface area contributed by atoms with E-state index in [2.05, 4.69) is 17.4 Å². The smallest absolute Gasteiger partial charge is 0.119 e. The van der Waals surface area contributed by atoms with Gasteiger partial charge in [0.05, 0.1) is 12.1 Å². The van der Waals surface area contributed by atoms with Gasteiger partial charge >= 0.3 is 0 Å². The fourth-order valence-corrected chi connectivity index (χ4v) is 2.92. The van der Waals surface area contributed by atoms with Crippen molar-refractivity contribution in [3.05, 3.63) is 53.1 Å². The van der Waals surface area contributed by atoms with Crippen molar-refractivity contribution < 1.29 is 4.74 Å². The number of methoxy groups -OCH3 is 1. The number of benzene rings is 2. The molecule has 0 fully saturated rings. The molecule has 2 aromatic rings. The van der Waals surface area contributed by atoms with Gasteiger partial charge in [0.1, 0.15) is 5.75 Å². The van der Waals surface area contributed by atoms with Gasteiger partial charge in [-0.05, 0) is 42.9 Å². The van der Waals surface area contributed by atoms with Crippen LogP contribution in [0.5, 0.6) is 5.75 Å². The highest BCUT2D eigenvalue weighted by atomic mass is 35.5. The van der Waals surface area contributed by atoms with E-state index in [0.717, 1.165) is 27.1 Å². The standard InChI is InChI=1S/C15H16ClNOS/c1-17-10-11-6-7-15(14(16)8-11)19-13-5-3-4-12(9-13)18-2/h3-9,17H,10H2,1-2H3. The second-order valence-electron chi connectivity index (χ2n) is 4.08. The third kappa shape index (κ3) is 3.90. The molecule has 4 heteroatoms. The van der Waals surface area contributed by atoms with E-state index in [1.165, 1.54) is 5.56 Å². The predicted molar refractivity (Wildman–Crippen MR) is 81.3 cm³/mol. The van der Waals surface area contributed by atoms with Gasteiger partial charge in [0, 0.05) is 16.3 Å². The first kappa shape index (κ1) is 14.3. The molecule has 0 aliphatic heterocycles. The summed E-state index contributed by atoms with van der Waals surface area (Å²) in [6, 6.07) is 14.1. The van der Waals surface area contributed by atoms with Crippen molar-refractivity contribution in [3.63, 3.8) is 0 Å². The third-order valence-electron chi connectivity index (χ3n) is 2.65. The minimum Gasteiger partial charge on any atom is -0.497 e. The largest absolute Gasteiger partial charge is 0.497 e. The number of halogens is 1. The molecule has 19 heavy (non-hydrogen) atoms. The van der Waals surface area contributed by atoms with E-state index in [4.69, 9.17) is 16.3 Å². The van der Waals surface area contributed by atoms with Crippen LogP contribution in [-0.2, 0) is 6.54 Å². The van der Waals surface area contributed by atoms with E-state index in [9.17, 15) is 0 Å². The lowest BCUT2D eigenvalue weighted by atomic mass is 10.2. The minimum absolute atomic E-state index is 0.778. The number of hydrogen-bond donors (Lipinski definition) is 1. The zero-order chi connectivity index (χ0) is 13.7. The topological polar surface area (TPSA) is 21.3 Å². The van der Waals surface area contributed by atoms with Crippen LogP contribution in [0, 0.1) is 0 Å². The van der Waals surface area contributed by atoms with Crippen LogP contribution in [-0.4, -0.2) is 14.2 Å². The van der Waals surface area contributed by atoms with Crippen molar-refractivity contribution in [2.75, 3.05) is 14.2 Å². The van der Waals surface area contributed by atoms with E-state index in [-0.39, 0.29) is 0 Å². The van der Waals surface area contributed by atoms with Crippen LogP contribution < -0.4 is 10.1 Å². The first-order chi connectivity index (χ1) is 9.22. The Bertz CT molecular complexity index is 560. The SMILES string of the molecule is CNCc1ccc(Sc2cccc(OC)c2)c(Cl)c1. The molecule has 0 spiro atoms. The molecule has 0 unspecified atom stereocenters. The second kappa shape index (κ2) is 6.85. The number of ether oxygens (including phenoxy) is 1. The number of hydrogen-bond acceptors (Lipinski definition) is 3. The average Bonchev–Trinajstić information content (AvgIpc) is 2.42. The van der Waals surface area contributed by atoms with Gasteiger partial charge in [0.15, 0.2) is 0 Å². The lowest BCUT2D eigenvalue weighted by Crippen LogP contribution is -2.04. The van der Waals surface area contributed by atoms with Crippen molar-refractivity contribution in [1.82, 2.24) is 5.32 Å². The molecule has 2 nitrogen and oxygen atoms in total. The van der Waals surface area contributed by atoms with E-state index < -0.39 is 0 Å². The van der Waals surface area contributed by atoms with Crippen LogP contribution in [0.1, 0.15) is 5.56 Å². The normalized spacial score (nSPS) is 10.5. The van der Waals surface area contributed by atoms with Crippen molar-refractivity contribution >= 4 is 23.4 Å². The molecule has 0 amide bonds. The van der Waals surface area contributed by atoms with Crippen molar-refractivity contribution in [1.29, 1.82) is 0 Å². The summed E-state index contributed by atoms with van der Waals surface area (Å²) in [6.07, 6.45) is 0. The molecule has 0 saturated heterocycles. The molecule has 1 N–H and O–H groups in total. The fourth-order valence-electron chi connectivity index (χ4n) is 1.73. The Kier molecular flexibility index (Phi) is 5.14. The van der Waals surface area contributed by atoms with Gasteiger partial charge in [-0.1, -0.05) is 35.5 Å². The molecule has 0 aliphatic carbocycles. The molecule has 0 aromatic heterocycles. The molecule has 0 radical (unpaired) electrons. The van der Waals surface area contributed by atoms with Crippen LogP contribution in [0.15, 0.2) is 52.3 Å². The summed E-state index contributed by atoms with van der Waals surface area (Å²) in [5.74, 6) is 0.855. The Morgan fingerprint density at radius 1 is 1.21 bits per heavy atom. The maximum absolute atomic E-state index is 6.31. The van der Waals surface area contributed by atoms with E-state index >= 15 is 0 Å². The zero-order valence-corrected chi connectivity index (χ0v) is 12.5. The van der Waals surface area contributed by atoms with Crippen molar-refractivity contribution in [2.24, 2.45) is 0 Å². The predicted octanol–water partition coefficient (Wildman–Crippen LogP) is 4.22. The first-order valence-electron chi connectivity index (χ1n) is 5.98. The fraction of sp³-hybridized carbons (Fsp3) is 0.200. The van der Waals surface area contributed by atoms with Crippen LogP contribution >= 0.6 is 23.4 Å². The summed E-state index contributed by atoms with van der Waals surface area (Å²) in [7, 11) is 3.59. The van der Waals surface area contributed by atoms with Gasteiger partial charge in [-0.15, -0.1) is 0 Å². The minimum atomic E-state index is 0.778. The highest BCUT2D eigenvalue weighted by molar-refractivity contribution is 7.99. The Morgan fingerprint density at radius 2 is 2.05 bits per heavy atom. The quantitative estimate of drug-likeness (QED) is 0.892. The molecule has 0 aliphatic rings. The van der Waals surface area contributed by atoms with Crippen LogP contribution in [0.4, 0.5) is 0 Å². The maximum Gasteiger partial charge on any atom is 0.119 e. The molecule has 0 saturated carbocycles. The first-order valence-corrected chi connectivity index (χ1v) is 7.17. The summed E-state index contributed by atoms with van der Waals surface area (Å²) in [4.78, 5) is 2.16. The Hall–Kier alpha value is -1.16. The van der Waals surface area contributed by atoms with Gasteiger partial charge in [-0.25, -0.2) is 0 Å². The summed E-state index contributed by atoms with van der Waals surface area (Å²) in [6.45, 7) is 0.823. The Labute approximate surface area is 123 Å². The molecule has 0 heterocycles. The monoisotopic (exact) mass is 293 g/mol. The van der Waals surface area contributed by atoms with Gasteiger partial charge in [0.2, 0.25) is 0 Å². The summed E-state index contributed by atoms with van der Waals surface area (Å²) in [5, 5.41) is 3.89. The highest BCUT2D eigenvalue weighted by Crippen LogP contribution is 2.35. The highest BCUT2D eigenvalue weighted by Gasteiger charge is 2.05. The van der Waals surface area contributed by atoms with Gasteiger partial charge < -0.3 is 10.1 Å². The Morgan fingerprint density at radius 3 is 2.74 bits per heavy atom. The number of nitrogens with one attached hydrogen (secondary N) is 1. The molecular formula is C15H16ClNOS. The molecule has 100 valence electrons. The van der Waals surface area contributed by atoms with Gasteiger partial charge in [-0.3, -0.25) is 0 Å². The average molecular weight is 294 g/mol. The summed E-state index contributed by atoms with van der Waals surface area (Å²) < 4.78 is 5.22. The summed E-state index contributed by atoms with van der Waals surface area (Å²) in [5.41, 5.74) is 1.18. The van der Waals surface area contributed by atoms with E-state index in [1.54, 1.807) is 18.9 Å². The molecular weight excluding hydrogens is 278 g/mol. The molecule has 2 rings (SSSR count). The van der Waals surface area contributed by atoms with Crippen LogP contribution in [0.25, 0.3) is 0 Å². The third-order valence-corrected chi connectivity index (χ3v) is 4.14. The van der Waals surface area contributed by atoms with E-state index in [0.29, 0.717) is 0 Å². The van der Waals surface area contributed by atoms with Crippen LogP contribution in [0.2, 0.25) is 5.02 Å². The summed E-state index contributed by atoms with van der Waals surface area (Å²) >= 11 is 7.95. The van der Waals surface area contributed by atoms with Crippen molar-refractivity contribution in [3.8, 4) is 5.75 Å². The van der Waals surface area contributed by atoms with Crippen molar-refractivity contribution in [2.45, 2.75) is 16.3 Å².